The van der Waals surface area contributed by atoms with Crippen LogP contribution in [0.25, 0.3) is 11.3 Å². The summed E-state index contributed by atoms with van der Waals surface area (Å²) in [7, 11) is 0. The SMILES string of the molecule is CC(C)(C)c1cnc(C(=O)Nc2cc(-c3cc(Nc4ccncn4)c(=O)[nH]n3)ccc2F)nc1. The summed E-state index contributed by atoms with van der Waals surface area (Å²) < 4.78 is 14.5. The van der Waals surface area contributed by atoms with Gasteiger partial charge in [0.15, 0.2) is 0 Å². The van der Waals surface area contributed by atoms with Crippen molar-refractivity contribution in [1.29, 1.82) is 0 Å². The number of hydrogen-bond acceptors (Lipinski definition) is 8. The first-order chi connectivity index (χ1) is 16.2. The van der Waals surface area contributed by atoms with Gasteiger partial charge in [0, 0.05) is 24.2 Å². The van der Waals surface area contributed by atoms with E-state index < -0.39 is 17.3 Å². The molecule has 4 rings (SSSR count). The van der Waals surface area contributed by atoms with Gasteiger partial charge in [-0.05, 0) is 41.3 Å². The van der Waals surface area contributed by atoms with Crippen molar-refractivity contribution in [3.63, 3.8) is 0 Å². The highest BCUT2D eigenvalue weighted by Gasteiger charge is 2.18. The Balaban J connectivity index is 1.58. The van der Waals surface area contributed by atoms with Crippen molar-refractivity contribution in [3.05, 3.63) is 82.8 Å². The van der Waals surface area contributed by atoms with E-state index in [-0.39, 0.29) is 22.6 Å². The first kappa shape index (κ1) is 22.6. The predicted octanol–water partition coefficient (Wildman–Crippen LogP) is 3.45. The van der Waals surface area contributed by atoms with Crippen molar-refractivity contribution in [2.45, 2.75) is 26.2 Å². The summed E-state index contributed by atoms with van der Waals surface area (Å²) in [5.74, 6) is -0.970. The number of benzene rings is 1. The van der Waals surface area contributed by atoms with Gasteiger partial charge in [-0.1, -0.05) is 20.8 Å². The summed E-state index contributed by atoms with van der Waals surface area (Å²) in [6, 6.07) is 7.18. The quantitative estimate of drug-likeness (QED) is 0.412. The lowest BCUT2D eigenvalue weighted by atomic mass is 9.89. The summed E-state index contributed by atoms with van der Waals surface area (Å²) in [6.45, 7) is 6.02. The normalized spacial score (nSPS) is 11.2. The number of rotatable bonds is 5. The van der Waals surface area contributed by atoms with E-state index in [1.807, 2.05) is 20.8 Å². The van der Waals surface area contributed by atoms with Crippen LogP contribution in [0.15, 0.2) is 60.0 Å². The van der Waals surface area contributed by atoms with E-state index in [0.717, 1.165) is 5.56 Å². The smallest absolute Gasteiger partial charge is 0.293 e. The minimum atomic E-state index is -0.656. The number of nitrogens with zero attached hydrogens (tertiary/aromatic N) is 5. The van der Waals surface area contributed by atoms with Gasteiger partial charge in [-0.25, -0.2) is 29.4 Å². The van der Waals surface area contributed by atoms with E-state index in [2.05, 4.69) is 40.8 Å². The fourth-order valence-corrected chi connectivity index (χ4v) is 2.94. The molecular weight excluding hydrogens is 439 g/mol. The molecule has 3 aromatic heterocycles. The van der Waals surface area contributed by atoms with E-state index in [1.54, 1.807) is 18.5 Å². The fourth-order valence-electron chi connectivity index (χ4n) is 2.94. The Bertz CT molecular complexity index is 1380. The molecule has 0 bridgehead atoms. The lowest BCUT2D eigenvalue weighted by Gasteiger charge is -2.17. The van der Waals surface area contributed by atoms with Crippen LogP contribution in [-0.4, -0.2) is 36.0 Å². The molecule has 0 fully saturated rings. The van der Waals surface area contributed by atoms with Crippen molar-refractivity contribution in [3.8, 4) is 11.3 Å². The summed E-state index contributed by atoms with van der Waals surface area (Å²) in [4.78, 5) is 40.8. The maximum atomic E-state index is 14.5. The molecule has 172 valence electrons. The number of aromatic amines is 1. The molecule has 0 atom stereocenters. The minimum Gasteiger partial charge on any atom is -0.336 e. The molecule has 1 aromatic carbocycles. The average Bonchev–Trinajstić information content (AvgIpc) is 2.82. The van der Waals surface area contributed by atoms with Crippen LogP contribution in [0.3, 0.4) is 0 Å². The lowest BCUT2D eigenvalue weighted by Crippen LogP contribution is -2.19. The Hall–Kier alpha value is -4.54. The van der Waals surface area contributed by atoms with Crippen LogP contribution < -0.4 is 16.2 Å². The second-order valence-corrected chi connectivity index (χ2v) is 8.41. The van der Waals surface area contributed by atoms with E-state index >= 15 is 0 Å². The number of carbonyl (C=O) groups is 1. The largest absolute Gasteiger partial charge is 0.336 e. The monoisotopic (exact) mass is 460 g/mol. The van der Waals surface area contributed by atoms with Gasteiger partial charge in [0.25, 0.3) is 11.5 Å². The number of carbonyl (C=O) groups excluding carboxylic acids is 1. The summed E-state index contributed by atoms with van der Waals surface area (Å²) in [5, 5.41) is 11.8. The topological polar surface area (TPSA) is 138 Å². The number of amides is 1. The molecule has 3 heterocycles. The first-order valence-corrected chi connectivity index (χ1v) is 10.3. The Morgan fingerprint density at radius 1 is 1.03 bits per heavy atom. The zero-order chi connectivity index (χ0) is 24.3. The molecule has 0 aliphatic carbocycles. The predicted molar refractivity (Wildman–Crippen MR) is 124 cm³/mol. The van der Waals surface area contributed by atoms with Crippen molar-refractivity contribution in [2.24, 2.45) is 0 Å². The molecular formula is C23H21FN8O2. The van der Waals surface area contributed by atoms with Gasteiger partial charge in [0.1, 0.15) is 23.6 Å². The molecule has 4 aromatic rings. The second-order valence-electron chi connectivity index (χ2n) is 8.41. The van der Waals surface area contributed by atoms with Gasteiger partial charge < -0.3 is 10.6 Å². The molecule has 10 nitrogen and oxygen atoms in total. The average molecular weight is 460 g/mol. The van der Waals surface area contributed by atoms with E-state index in [1.165, 1.54) is 36.8 Å². The van der Waals surface area contributed by atoms with Crippen LogP contribution in [-0.2, 0) is 5.41 Å². The minimum absolute atomic E-state index is 0.0793. The Labute approximate surface area is 193 Å². The molecule has 3 N–H and O–H groups in total. The van der Waals surface area contributed by atoms with E-state index in [9.17, 15) is 14.0 Å². The number of hydrogen-bond donors (Lipinski definition) is 3. The van der Waals surface area contributed by atoms with Crippen LogP contribution in [0.4, 0.5) is 21.6 Å². The van der Waals surface area contributed by atoms with Crippen LogP contribution in [0.1, 0.15) is 37.0 Å². The summed E-state index contributed by atoms with van der Waals surface area (Å²) in [6.07, 6.45) is 6.02. The van der Waals surface area contributed by atoms with Crippen molar-refractivity contribution in [2.75, 3.05) is 10.6 Å². The van der Waals surface area contributed by atoms with Gasteiger partial charge in [-0.15, -0.1) is 0 Å². The second kappa shape index (κ2) is 9.14. The van der Waals surface area contributed by atoms with Gasteiger partial charge in [0.2, 0.25) is 5.82 Å². The molecule has 0 aliphatic heterocycles. The Kier molecular flexibility index (Phi) is 6.09. The molecule has 0 unspecified atom stereocenters. The third-order valence-corrected chi connectivity index (χ3v) is 4.88. The molecule has 11 heteroatoms. The van der Waals surface area contributed by atoms with E-state index in [0.29, 0.717) is 17.1 Å². The third-order valence-electron chi connectivity index (χ3n) is 4.88. The van der Waals surface area contributed by atoms with Crippen molar-refractivity contribution in [1.82, 2.24) is 30.1 Å². The van der Waals surface area contributed by atoms with Gasteiger partial charge in [-0.3, -0.25) is 9.59 Å². The highest BCUT2D eigenvalue weighted by molar-refractivity contribution is 6.01. The zero-order valence-corrected chi connectivity index (χ0v) is 18.6. The first-order valence-electron chi connectivity index (χ1n) is 10.3. The van der Waals surface area contributed by atoms with Crippen LogP contribution in [0.5, 0.6) is 0 Å². The van der Waals surface area contributed by atoms with Gasteiger partial charge >= 0.3 is 0 Å². The van der Waals surface area contributed by atoms with Crippen LogP contribution >= 0.6 is 0 Å². The fraction of sp³-hybridized carbons (Fsp3) is 0.174. The van der Waals surface area contributed by atoms with Gasteiger partial charge in [-0.2, -0.15) is 5.10 Å². The zero-order valence-electron chi connectivity index (χ0n) is 18.6. The number of nitrogens with one attached hydrogen (secondary N) is 3. The standard InChI is InChI=1S/C23H21FN8O2/c1-23(2,3)14-10-26-20(27-11-14)22(34)30-17-8-13(4-5-15(17)24)16-9-18(21(33)32-31-16)29-19-6-7-25-12-28-19/h4-12H,1-3H3,(H,30,34)(H,32,33)(H,25,28,29,31). The van der Waals surface area contributed by atoms with Crippen LogP contribution in [0, 0.1) is 5.82 Å². The molecule has 0 aliphatic rings. The molecule has 0 spiro atoms. The molecule has 0 radical (unpaired) electrons. The summed E-state index contributed by atoms with van der Waals surface area (Å²) in [5.41, 5.74) is 1.15. The van der Waals surface area contributed by atoms with Crippen LogP contribution in [0.2, 0.25) is 0 Å². The molecule has 0 saturated carbocycles. The highest BCUT2D eigenvalue weighted by atomic mass is 19.1. The third kappa shape index (κ3) is 5.09. The summed E-state index contributed by atoms with van der Waals surface area (Å²) >= 11 is 0. The molecule has 1 amide bonds. The Morgan fingerprint density at radius 2 is 1.79 bits per heavy atom. The van der Waals surface area contributed by atoms with Crippen molar-refractivity contribution >= 4 is 23.1 Å². The number of aromatic nitrogens is 6. The van der Waals surface area contributed by atoms with Crippen molar-refractivity contribution < 1.29 is 9.18 Å². The van der Waals surface area contributed by atoms with Gasteiger partial charge in [0.05, 0.1) is 11.4 Å². The van der Waals surface area contributed by atoms with E-state index in [4.69, 9.17) is 0 Å². The maximum Gasteiger partial charge on any atom is 0.293 e. The Morgan fingerprint density at radius 3 is 2.47 bits per heavy atom. The maximum absolute atomic E-state index is 14.5. The molecule has 34 heavy (non-hydrogen) atoms. The highest BCUT2D eigenvalue weighted by Crippen LogP contribution is 2.25. The number of H-pyrrole nitrogens is 1. The lowest BCUT2D eigenvalue weighted by molar-refractivity contribution is 0.101. The molecule has 0 saturated heterocycles. The number of anilines is 3. The number of halogens is 1.